The van der Waals surface area contributed by atoms with E-state index in [0.29, 0.717) is 15.1 Å². The molecule has 2 aromatic rings. The first-order valence-electron chi connectivity index (χ1n) is 5.07. The van der Waals surface area contributed by atoms with E-state index in [1.807, 2.05) is 0 Å². The predicted molar refractivity (Wildman–Crippen MR) is 69.6 cm³/mol. The van der Waals surface area contributed by atoms with Gasteiger partial charge in [0.25, 0.3) is 0 Å². The fraction of sp³-hybridized carbons (Fsp3) is 0.0769. The van der Waals surface area contributed by atoms with Gasteiger partial charge in [0.15, 0.2) is 0 Å². The van der Waals surface area contributed by atoms with Crippen LogP contribution < -0.4 is 0 Å². The van der Waals surface area contributed by atoms with E-state index >= 15 is 0 Å². The lowest BCUT2D eigenvalue weighted by Gasteiger charge is -2.14. The fourth-order valence-corrected chi connectivity index (χ4v) is 2.06. The highest BCUT2D eigenvalue weighted by molar-refractivity contribution is 9.10. The van der Waals surface area contributed by atoms with Gasteiger partial charge in [-0.1, -0.05) is 23.7 Å². The van der Waals surface area contributed by atoms with Gasteiger partial charge in [-0.25, -0.2) is 8.78 Å². The third-order valence-electron chi connectivity index (χ3n) is 2.53. The van der Waals surface area contributed by atoms with E-state index in [9.17, 15) is 13.9 Å². The lowest BCUT2D eigenvalue weighted by molar-refractivity contribution is 0.209. The van der Waals surface area contributed by atoms with Crippen molar-refractivity contribution in [3.05, 3.63) is 68.7 Å². The van der Waals surface area contributed by atoms with Crippen LogP contribution in [0.3, 0.4) is 0 Å². The summed E-state index contributed by atoms with van der Waals surface area (Å²) in [7, 11) is 0. The number of benzene rings is 2. The second-order valence-electron chi connectivity index (χ2n) is 3.71. The Kier molecular flexibility index (Phi) is 4.00. The Morgan fingerprint density at radius 1 is 1.11 bits per heavy atom. The number of hydrogen-bond donors (Lipinski definition) is 1. The molecule has 0 radical (unpaired) electrons. The second kappa shape index (κ2) is 5.34. The molecule has 0 aliphatic heterocycles. The first-order chi connectivity index (χ1) is 8.50. The Hall–Kier alpha value is -0.970. The van der Waals surface area contributed by atoms with Crippen LogP contribution >= 0.6 is 27.5 Å². The van der Waals surface area contributed by atoms with Crippen molar-refractivity contribution in [2.45, 2.75) is 6.10 Å². The Bertz CT molecular complexity index is 569. The summed E-state index contributed by atoms with van der Waals surface area (Å²) >= 11 is 9.08. The van der Waals surface area contributed by atoms with Crippen LogP contribution in [-0.4, -0.2) is 5.11 Å². The summed E-state index contributed by atoms with van der Waals surface area (Å²) < 4.78 is 27.7. The third-order valence-corrected chi connectivity index (χ3v) is 3.77. The minimum Gasteiger partial charge on any atom is -0.383 e. The lowest BCUT2D eigenvalue weighted by atomic mass is 10.0. The molecule has 1 N–H and O–H groups in total. The van der Waals surface area contributed by atoms with Gasteiger partial charge in [0, 0.05) is 4.47 Å². The van der Waals surface area contributed by atoms with Crippen LogP contribution in [0.25, 0.3) is 0 Å². The molecule has 2 aromatic carbocycles. The molecule has 2 rings (SSSR count). The van der Waals surface area contributed by atoms with Gasteiger partial charge < -0.3 is 5.11 Å². The summed E-state index contributed by atoms with van der Waals surface area (Å²) in [5.41, 5.74) is -0.0527. The van der Waals surface area contributed by atoms with E-state index in [2.05, 4.69) is 15.9 Å². The van der Waals surface area contributed by atoms with Crippen molar-refractivity contribution in [3.63, 3.8) is 0 Å². The van der Waals surface area contributed by atoms with E-state index < -0.39 is 17.7 Å². The molecule has 5 heteroatoms. The molecule has 0 saturated carbocycles. The minimum absolute atomic E-state index is 0.326. The second-order valence-corrected chi connectivity index (χ2v) is 4.97. The van der Waals surface area contributed by atoms with Gasteiger partial charge in [-0.15, -0.1) is 0 Å². The average Bonchev–Trinajstić information content (AvgIpc) is 2.32. The van der Waals surface area contributed by atoms with Gasteiger partial charge in [0.05, 0.1) is 10.6 Å². The number of hydrogen-bond acceptors (Lipinski definition) is 1. The monoisotopic (exact) mass is 332 g/mol. The Labute approximate surface area is 116 Å². The first kappa shape index (κ1) is 13.5. The maximum Gasteiger partial charge on any atom is 0.132 e. The molecule has 18 heavy (non-hydrogen) atoms. The summed E-state index contributed by atoms with van der Waals surface area (Å²) in [6, 6.07) is 8.06. The average molecular weight is 334 g/mol. The van der Waals surface area contributed by atoms with Crippen LogP contribution in [0.15, 0.2) is 40.9 Å². The zero-order chi connectivity index (χ0) is 13.3. The van der Waals surface area contributed by atoms with Crippen LogP contribution in [0.5, 0.6) is 0 Å². The molecular weight excluding hydrogens is 325 g/mol. The molecule has 0 fully saturated rings. The van der Waals surface area contributed by atoms with E-state index in [-0.39, 0.29) is 5.56 Å². The highest BCUT2D eigenvalue weighted by Gasteiger charge is 2.19. The van der Waals surface area contributed by atoms with Crippen LogP contribution in [-0.2, 0) is 0 Å². The zero-order valence-electron chi connectivity index (χ0n) is 9.00. The van der Waals surface area contributed by atoms with E-state index in [4.69, 9.17) is 11.6 Å². The molecule has 1 atom stereocenters. The SMILES string of the molecule is OC(c1ccc(Br)c(Cl)c1)c1c(F)cccc1F. The van der Waals surface area contributed by atoms with Crippen molar-refractivity contribution in [1.29, 1.82) is 0 Å². The fourth-order valence-electron chi connectivity index (χ4n) is 1.62. The van der Waals surface area contributed by atoms with Gasteiger partial charge in [-0.05, 0) is 45.8 Å². The summed E-state index contributed by atoms with van der Waals surface area (Å²) in [5, 5.41) is 10.4. The highest BCUT2D eigenvalue weighted by atomic mass is 79.9. The molecule has 1 nitrogen and oxygen atoms in total. The maximum absolute atomic E-state index is 13.5. The number of aliphatic hydroxyl groups is 1. The highest BCUT2D eigenvalue weighted by Crippen LogP contribution is 2.31. The van der Waals surface area contributed by atoms with Gasteiger partial charge in [0.2, 0.25) is 0 Å². The van der Waals surface area contributed by atoms with Crippen molar-refractivity contribution in [2.75, 3.05) is 0 Å². The van der Waals surface area contributed by atoms with Gasteiger partial charge in [-0.3, -0.25) is 0 Å². The standard InChI is InChI=1S/C13H8BrClF2O/c14-8-5-4-7(6-9(8)15)13(18)12-10(16)2-1-3-11(12)17/h1-6,13,18H. The molecule has 1 unspecified atom stereocenters. The van der Waals surface area contributed by atoms with Gasteiger partial charge >= 0.3 is 0 Å². The smallest absolute Gasteiger partial charge is 0.132 e. The molecule has 0 amide bonds. The minimum atomic E-state index is -1.39. The Morgan fingerprint density at radius 2 is 1.72 bits per heavy atom. The maximum atomic E-state index is 13.5. The van der Waals surface area contributed by atoms with Crippen molar-refractivity contribution in [1.82, 2.24) is 0 Å². The van der Waals surface area contributed by atoms with Crippen molar-refractivity contribution >= 4 is 27.5 Å². The molecule has 0 aromatic heterocycles. The first-order valence-corrected chi connectivity index (χ1v) is 6.24. The molecule has 0 saturated heterocycles. The summed E-state index contributed by atoms with van der Waals surface area (Å²) in [6.07, 6.45) is -1.39. The topological polar surface area (TPSA) is 20.2 Å². The molecule has 0 spiro atoms. The van der Waals surface area contributed by atoms with Crippen LogP contribution in [0.1, 0.15) is 17.2 Å². The van der Waals surface area contributed by atoms with Crippen LogP contribution in [0.4, 0.5) is 8.78 Å². The summed E-state index contributed by atoms with van der Waals surface area (Å²) in [5.74, 6) is -1.58. The van der Waals surface area contributed by atoms with E-state index in [1.54, 1.807) is 12.1 Å². The number of halogens is 4. The van der Waals surface area contributed by atoms with E-state index in [1.165, 1.54) is 12.1 Å². The van der Waals surface area contributed by atoms with Crippen molar-refractivity contribution < 1.29 is 13.9 Å². The molecule has 94 valence electrons. The summed E-state index contributed by atoms with van der Waals surface area (Å²) in [4.78, 5) is 0. The van der Waals surface area contributed by atoms with Crippen molar-refractivity contribution in [3.8, 4) is 0 Å². The summed E-state index contributed by atoms with van der Waals surface area (Å²) in [6.45, 7) is 0. The van der Waals surface area contributed by atoms with Gasteiger partial charge in [0.1, 0.15) is 17.7 Å². The molecule has 0 heterocycles. The Morgan fingerprint density at radius 3 is 2.28 bits per heavy atom. The molecular formula is C13H8BrClF2O. The Balaban J connectivity index is 2.48. The number of rotatable bonds is 2. The molecule has 0 aliphatic rings. The van der Waals surface area contributed by atoms with Crippen molar-refractivity contribution in [2.24, 2.45) is 0 Å². The van der Waals surface area contributed by atoms with Crippen LogP contribution in [0, 0.1) is 11.6 Å². The van der Waals surface area contributed by atoms with Crippen LogP contribution in [0.2, 0.25) is 5.02 Å². The largest absolute Gasteiger partial charge is 0.383 e. The number of aliphatic hydroxyl groups excluding tert-OH is 1. The molecule has 0 bridgehead atoms. The lowest BCUT2D eigenvalue weighted by Crippen LogP contribution is -2.05. The quantitative estimate of drug-likeness (QED) is 0.860. The predicted octanol–water partition coefficient (Wildman–Crippen LogP) is 4.46. The van der Waals surface area contributed by atoms with Gasteiger partial charge in [-0.2, -0.15) is 0 Å². The normalized spacial score (nSPS) is 12.5. The van der Waals surface area contributed by atoms with E-state index in [0.717, 1.165) is 12.1 Å². The third kappa shape index (κ3) is 2.55. The zero-order valence-corrected chi connectivity index (χ0v) is 11.3. The molecule has 0 aliphatic carbocycles.